The summed E-state index contributed by atoms with van der Waals surface area (Å²) in [5.74, 6) is 0.730. The average molecular weight is 328 g/mol. The van der Waals surface area contributed by atoms with Crippen molar-refractivity contribution >= 4 is 11.0 Å². The maximum Gasteiger partial charge on any atom is 0.339 e. The molecule has 0 N–H and O–H groups in total. The fraction of sp³-hybridized carbons (Fsp3) is 0.476. The molecule has 0 saturated heterocycles. The number of rotatable bonds is 8. The summed E-state index contributed by atoms with van der Waals surface area (Å²) in [5.41, 5.74) is 3.12. The first-order valence-corrected chi connectivity index (χ1v) is 8.84. The molecule has 2 aromatic rings. The first kappa shape index (κ1) is 18.3. The van der Waals surface area contributed by atoms with Gasteiger partial charge in [0.2, 0.25) is 0 Å². The van der Waals surface area contributed by atoms with Gasteiger partial charge in [-0.25, -0.2) is 4.79 Å². The lowest BCUT2D eigenvalue weighted by molar-refractivity contribution is 0.268. The lowest BCUT2D eigenvalue weighted by Crippen LogP contribution is -2.12. The van der Waals surface area contributed by atoms with E-state index in [0.717, 1.165) is 47.1 Å². The Bertz CT molecular complexity index is 771. The molecule has 0 aliphatic heterocycles. The maximum absolute atomic E-state index is 12.4. The van der Waals surface area contributed by atoms with Crippen molar-refractivity contribution in [2.24, 2.45) is 0 Å². The number of fused-ring (bicyclic) bond motifs is 1. The van der Waals surface area contributed by atoms with Crippen LogP contribution in [0.4, 0.5) is 0 Å². The van der Waals surface area contributed by atoms with E-state index >= 15 is 0 Å². The van der Waals surface area contributed by atoms with E-state index < -0.39 is 0 Å². The van der Waals surface area contributed by atoms with E-state index in [1.165, 1.54) is 12.8 Å². The number of ether oxygens (including phenoxy) is 1. The highest BCUT2D eigenvalue weighted by Crippen LogP contribution is 2.30. The molecule has 0 fully saturated rings. The third kappa shape index (κ3) is 3.89. The molecule has 1 atom stereocenters. The van der Waals surface area contributed by atoms with Crippen molar-refractivity contribution in [1.29, 1.82) is 0 Å². The molecule has 0 amide bonds. The van der Waals surface area contributed by atoms with Gasteiger partial charge >= 0.3 is 5.63 Å². The fourth-order valence-electron chi connectivity index (χ4n) is 2.96. The van der Waals surface area contributed by atoms with E-state index in [9.17, 15) is 4.79 Å². The van der Waals surface area contributed by atoms with Gasteiger partial charge in [-0.3, -0.25) is 0 Å². The van der Waals surface area contributed by atoms with Crippen molar-refractivity contribution < 1.29 is 9.15 Å². The Hall–Kier alpha value is -2.03. The normalized spacial score (nSPS) is 12.3. The number of benzene rings is 1. The molecule has 3 heteroatoms. The molecule has 24 heavy (non-hydrogen) atoms. The molecule has 3 nitrogen and oxygen atoms in total. The Morgan fingerprint density at radius 2 is 1.96 bits per heavy atom. The summed E-state index contributed by atoms with van der Waals surface area (Å²) < 4.78 is 11.5. The Balaban J connectivity index is 2.40. The number of hydrogen-bond donors (Lipinski definition) is 0. The van der Waals surface area contributed by atoms with Crippen molar-refractivity contribution in [3.63, 3.8) is 0 Å². The summed E-state index contributed by atoms with van der Waals surface area (Å²) in [6.45, 7) is 11.8. The van der Waals surface area contributed by atoms with Gasteiger partial charge in [0.05, 0.1) is 0 Å². The molecule has 1 aromatic heterocycles. The first-order chi connectivity index (χ1) is 11.5. The highest BCUT2D eigenvalue weighted by atomic mass is 16.5. The molecule has 130 valence electrons. The smallest absolute Gasteiger partial charge is 0.339 e. The van der Waals surface area contributed by atoms with Gasteiger partial charge < -0.3 is 9.15 Å². The van der Waals surface area contributed by atoms with E-state index in [0.29, 0.717) is 5.58 Å². The van der Waals surface area contributed by atoms with Gasteiger partial charge in [-0.05, 0) is 51.3 Å². The average Bonchev–Trinajstić information content (AvgIpc) is 2.57. The molecular weight excluding hydrogens is 300 g/mol. The quantitative estimate of drug-likeness (QED) is 0.365. The third-order valence-electron chi connectivity index (χ3n) is 4.58. The standard InChI is InChI=1S/C21H28O3/c1-6-8-9-10-11-18-15(4)17-12-13-19(23-14(3)7-2)16(5)20(17)24-21(18)22/h7,12-14H,2,6,8-11H2,1,3-5H3. The first-order valence-electron chi connectivity index (χ1n) is 8.84. The minimum absolute atomic E-state index is 0.0909. The molecule has 2 rings (SSSR count). The molecule has 1 unspecified atom stereocenters. The monoisotopic (exact) mass is 328 g/mol. The van der Waals surface area contributed by atoms with E-state index in [-0.39, 0.29) is 11.7 Å². The SMILES string of the molecule is C=CC(C)Oc1ccc2c(C)c(CCCCCC)c(=O)oc2c1C. The molecule has 0 aliphatic rings. The highest BCUT2D eigenvalue weighted by Gasteiger charge is 2.15. The molecule has 0 saturated carbocycles. The Morgan fingerprint density at radius 1 is 1.21 bits per heavy atom. The summed E-state index contributed by atoms with van der Waals surface area (Å²) in [6.07, 6.45) is 7.02. The van der Waals surface area contributed by atoms with E-state index in [1.807, 2.05) is 32.9 Å². The zero-order valence-electron chi connectivity index (χ0n) is 15.3. The van der Waals surface area contributed by atoms with Crippen LogP contribution in [0, 0.1) is 13.8 Å². The van der Waals surface area contributed by atoms with Gasteiger partial charge in [-0.2, -0.15) is 0 Å². The summed E-state index contributed by atoms with van der Waals surface area (Å²) in [6, 6.07) is 3.94. The second kappa shape index (κ2) is 8.18. The van der Waals surface area contributed by atoms with Crippen LogP contribution < -0.4 is 10.4 Å². The largest absolute Gasteiger partial charge is 0.486 e. The van der Waals surface area contributed by atoms with Crippen LogP contribution in [-0.2, 0) is 6.42 Å². The van der Waals surface area contributed by atoms with Crippen LogP contribution >= 0.6 is 0 Å². The molecule has 1 heterocycles. The summed E-state index contributed by atoms with van der Waals surface area (Å²) in [4.78, 5) is 12.4. The van der Waals surface area contributed by atoms with Crippen molar-refractivity contribution in [1.82, 2.24) is 0 Å². The molecule has 1 aromatic carbocycles. The molecule has 0 radical (unpaired) electrons. The van der Waals surface area contributed by atoms with Crippen LogP contribution in [0.2, 0.25) is 0 Å². The van der Waals surface area contributed by atoms with Crippen LogP contribution in [0.5, 0.6) is 5.75 Å². The van der Waals surface area contributed by atoms with Gasteiger partial charge in [-0.1, -0.05) is 38.8 Å². The highest BCUT2D eigenvalue weighted by molar-refractivity contribution is 5.85. The van der Waals surface area contributed by atoms with E-state index in [2.05, 4.69) is 13.5 Å². The lowest BCUT2D eigenvalue weighted by atomic mass is 9.99. The lowest BCUT2D eigenvalue weighted by Gasteiger charge is -2.15. The maximum atomic E-state index is 12.4. The zero-order chi connectivity index (χ0) is 17.7. The van der Waals surface area contributed by atoms with Crippen molar-refractivity contribution in [3.05, 3.63) is 51.9 Å². The van der Waals surface area contributed by atoms with Gasteiger partial charge in [0.1, 0.15) is 17.4 Å². The summed E-state index contributed by atoms with van der Waals surface area (Å²) >= 11 is 0. The minimum atomic E-state index is -0.214. The molecule has 0 bridgehead atoms. The van der Waals surface area contributed by atoms with Crippen molar-refractivity contribution in [3.8, 4) is 5.75 Å². The van der Waals surface area contributed by atoms with Crippen LogP contribution in [0.1, 0.15) is 56.2 Å². The Kier molecular flexibility index (Phi) is 6.24. The number of unbranched alkanes of at least 4 members (excludes halogenated alkanes) is 3. The number of hydrogen-bond acceptors (Lipinski definition) is 3. The van der Waals surface area contributed by atoms with E-state index in [4.69, 9.17) is 9.15 Å². The van der Waals surface area contributed by atoms with Gasteiger partial charge in [0.25, 0.3) is 0 Å². The second-order valence-electron chi connectivity index (χ2n) is 6.43. The van der Waals surface area contributed by atoms with Crippen LogP contribution in [0.15, 0.2) is 34.0 Å². The fourth-order valence-corrected chi connectivity index (χ4v) is 2.96. The predicted octanol–water partition coefficient (Wildman–Crippen LogP) is 5.49. The van der Waals surface area contributed by atoms with Gasteiger partial charge in [0, 0.05) is 16.5 Å². The number of aryl methyl sites for hydroxylation is 2. The summed E-state index contributed by atoms with van der Waals surface area (Å²) in [7, 11) is 0. The van der Waals surface area contributed by atoms with Crippen molar-refractivity contribution in [2.75, 3.05) is 0 Å². The van der Waals surface area contributed by atoms with Crippen LogP contribution in [-0.4, -0.2) is 6.10 Å². The minimum Gasteiger partial charge on any atom is -0.486 e. The van der Waals surface area contributed by atoms with Crippen LogP contribution in [0.25, 0.3) is 11.0 Å². The van der Waals surface area contributed by atoms with E-state index in [1.54, 1.807) is 6.08 Å². The predicted molar refractivity (Wildman–Crippen MR) is 100 cm³/mol. The topological polar surface area (TPSA) is 39.4 Å². The van der Waals surface area contributed by atoms with Crippen LogP contribution in [0.3, 0.4) is 0 Å². The third-order valence-corrected chi connectivity index (χ3v) is 4.58. The Morgan fingerprint density at radius 3 is 2.62 bits per heavy atom. The second-order valence-corrected chi connectivity index (χ2v) is 6.43. The molecule has 0 spiro atoms. The van der Waals surface area contributed by atoms with Gasteiger partial charge in [-0.15, -0.1) is 0 Å². The zero-order valence-corrected chi connectivity index (χ0v) is 15.3. The van der Waals surface area contributed by atoms with Crippen molar-refractivity contribution in [2.45, 2.75) is 65.9 Å². The molecule has 0 aliphatic carbocycles. The Labute approximate surface area is 144 Å². The van der Waals surface area contributed by atoms with Gasteiger partial charge in [0.15, 0.2) is 0 Å². The molecular formula is C21H28O3. The summed E-state index contributed by atoms with van der Waals surface area (Å²) in [5, 5.41) is 0.996.